The van der Waals surface area contributed by atoms with Crippen molar-refractivity contribution in [2.24, 2.45) is 0 Å². The number of aromatic nitrogens is 5. The molecule has 53 heavy (non-hydrogen) atoms. The van der Waals surface area contributed by atoms with Gasteiger partial charge in [0.2, 0.25) is 0 Å². The van der Waals surface area contributed by atoms with E-state index in [4.69, 9.17) is 15.0 Å². The molecular weight excluding hydrogens is 647 g/mol. The lowest BCUT2D eigenvalue weighted by atomic mass is 9.79. The van der Waals surface area contributed by atoms with Crippen LogP contribution >= 0.6 is 0 Å². The third kappa shape index (κ3) is 5.28. The Hall–Kier alpha value is -6.85. The molecular formula is C48H33N5. The molecule has 0 radical (unpaired) electrons. The SMILES string of the molecule is CC1(C)c2ccccc2-c2cccc(-c3ccc(-c4ccc(-c5nc(-c6ccc7ncccc7c6)nc(-c6ccc7ncccc7c6)n5)cc4)cc3)c21. The first-order valence-corrected chi connectivity index (χ1v) is 17.9. The Labute approximate surface area is 307 Å². The summed E-state index contributed by atoms with van der Waals surface area (Å²) in [5.41, 5.74) is 14.8. The maximum absolute atomic E-state index is 5.02. The van der Waals surface area contributed by atoms with Crippen molar-refractivity contribution >= 4 is 21.8 Å². The molecule has 250 valence electrons. The van der Waals surface area contributed by atoms with Crippen LogP contribution in [0.3, 0.4) is 0 Å². The Kier molecular flexibility index (Phi) is 7.08. The molecule has 3 heterocycles. The van der Waals surface area contributed by atoms with Gasteiger partial charge in [-0.2, -0.15) is 0 Å². The third-order valence-electron chi connectivity index (χ3n) is 10.6. The maximum Gasteiger partial charge on any atom is 0.164 e. The number of fused-ring (bicyclic) bond motifs is 5. The van der Waals surface area contributed by atoms with Crippen LogP contribution in [0.25, 0.3) is 89.4 Å². The van der Waals surface area contributed by atoms with E-state index in [-0.39, 0.29) is 5.41 Å². The minimum absolute atomic E-state index is 0.0667. The zero-order chi connectivity index (χ0) is 35.5. The van der Waals surface area contributed by atoms with Crippen molar-refractivity contribution in [3.05, 3.63) is 175 Å². The molecule has 5 nitrogen and oxygen atoms in total. The second kappa shape index (κ2) is 12.1. The number of pyridine rings is 2. The molecule has 0 spiro atoms. The van der Waals surface area contributed by atoms with Crippen molar-refractivity contribution < 1.29 is 0 Å². The molecule has 1 aliphatic rings. The highest BCUT2D eigenvalue weighted by Gasteiger charge is 2.37. The summed E-state index contributed by atoms with van der Waals surface area (Å²) >= 11 is 0. The molecule has 0 saturated heterocycles. The van der Waals surface area contributed by atoms with E-state index in [9.17, 15) is 0 Å². The van der Waals surface area contributed by atoms with Crippen LogP contribution in [0.15, 0.2) is 164 Å². The van der Waals surface area contributed by atoms with E-state index in [1.54, 1.807) is 0 Å². The Morgan fingerprint density at radius 1 is 0.377 bits per heavy atom. The fourth-order valence-corrected chi connectivity index (χ4v) is 7.93. The van der Waals surface area contributed by atoms with E-state index < -0.39 is 0 Å². The fourth-order valence-electron chi connectivity index (χ4n) is 7.93. The highest BCUT2D eigenvalue weighted by Crippen LogP contribution is 2.52. The van der Waals surface area contributed by atoms with Gasteiger partial charge in [0, 0.05) is 45.3 Å². The van der Waals surface area contributed by atoms with Crippen LogP contribution in [-0.2, 0) is 5.41 Å². The molecule has 3 aromatic heterocycles. The quantitative estimate of drug-likeness (QED) is 0.181. The van der Waals surface area contributed by atoms with Gasteiger partial charge in [0.05, 0.1) is 11.0 Å². The molecule has 6 aromatic carbocycles. The lowest BCUT2D eigenvalue weighted by Crippen LogP contribution is -2.16. The van der Waals surface area contributed by atoms with Gasteiger partial charge in [0.1, 0.15) is 0 Å². The molecule has 10 rings (SSSR count). The summed E-state index contributed by atoms with van der Waals surface area (Å²) in [4.78, 5) is 24.0. The van der Waals surface area contributed by atoms with E-state index in [1.807, 2.05) is 48.8 Å². The van der Waals surface area contributed by atoms with E-state index in [1.165, 1.54) is 33.4 Å². The van der Waals surface area contributed by atoms with Crippen molar-refractivity contribution in [1.82, 2.24) is 24.9 Å². The number of hydrogen-bond acceptors (Lipinski definition) is 5. The van der Waals surface area contributed by atoms with Crippen molar-refractivity contribution in [2.75, 3.05) is 0 Å². The average Bonchev–Trinajstić information content (AvgIpc) is 3.46. The van der Waals surface area contributed by atoms with Gasteiger partial charge in [0.15, 0.2) is 17.5 Å². The average molecular weight is 680 g/mol. The van der Waals surface area contributed by atoms with Gasteiger partial charge in [-0.25, -0.2) is 15.0 Å². The predicted octanol–water partition coefficient (Wildman–Crippen LogP) is 11.6. The monoisotopic (exact) mass is 679 g/mol. The molecule has 0 fully saturated rings. The van der Waals surface area contributed by atoms with Gasteiger partial charge >= 0.3 is 0 Å². The summed E-state index contributed by atoms with van der Waals surface area (Å²) in [6.45, 7) is 4.68. The first kappa shape index (κ1) is 30.9. The summed E-state index contributed by atoms with van der Waals surface area (Å²) in [5.74, 6) is 1.84. The molecule has 0 aliphatic heterocycles. The van der Waals surface area contributed by atoms with Crippen molar-refractivity contribution in [1.29, 1.82) is 0 Å². The van der Waals surface area contributed by atoms with E-state index in [0.29, 0.717) is 17.5 Å². The van der Waals surface area contributed by atoms with Crippen LogP contribution in [0.5, 0.6) is 0 Å². The molecule has 0 amide bonds. The van der Waals surface area contributed by atoms with Gasteiger partial charge in [-0.05, 0) is 93.0 Å². The normalized spacial score (nSPS) is 12.9. The topological polar surface area (TPSA) is 64.5 Å². The van der Waals surface area contributed by atoms with Crippen molar-refractivity contribution in [3.63, 3.8) is 0 Å². The van der Waals surface area contributed by atoms with Crippen LogP contribution in [0, 0.1) is 0 Å². The van der Waals surface area contributed by atoms with E-state index in [2.05, 4.69) is 139 Å². The van der Waals surface area contributed by atoms with Crippen LogP contribution in [0.1, 0.15) is 25.0 Å². The van der Waals surface area contributed by atoms with Gasteiger partial charge in [-0.3, -0.25) is 9.97 Å². The largest absolute Gasteiger partial charge is 0.256 e. The second-order valence-electron chi connectivity index (χ2n) is 14.2. The fraction of sp³-hybridized carbons (Fsp3) is 0.0625. The summed E-state index contributed by atoms with van der Waals surface area (Å²) in [5, 5.41) is 2.07. The van der Waals surface area contributed by atoms with Gasteiger partial charge in [-0.1, -0.05) is 117 Å². The van der Waals surface area contributed by atoms with Gasteiger partial charge in [-0.15, -0.1) is 0 Å². The molecule has 9 aromatic rings. The Morgan fingerprint density at radius 2 is 0.849 bits per heavy atom. The smallest absolute Gasteiger partial charge is 0.164 e. The third-order valence-corrected chi connectivity index (χ3v) is 10.6. The first-order valence-electron chi connectivity index (χ1n) is 17.9. The van der Waals surface area contributed by atoms with Crippen molar-refractivity contribution in [3.8, 4) is 67.5 Å². The summed E-state index contributed by atoms with van der Waals surface area (Å²) in [7, 11) is 0. The predicted molar refractivity (Wildman–Crippen MR) is 215 cm³/mol. The lowest BCUT2D eigenvalue weighted by Gasteiger charge is -2.24. The number of nitrogens with zero attached hydrogens (tertiary/aromatic N) is 5. The van der Waals surface area contributed by atoms with Crippen LogP contribution in [-0.4, -0.2) is 24.9 Å². The summed E-state index contributed by atoms with van der Waals surface area (Å²) in [6.07, 6.45) is 3.62. The minimum Gasteiger partial charge on any atom is -0.256 e. The zero-order valence-electron chi connectivity index (χ0n) is 29.3. The second-order valence-corrected chi connectivity index (χ2v) is 14.2. The summed E-state index contributed by atoms with van der Waals surface area (Å²) < 4.78 is 0. The first-order chi connectivity index (χ1) is 26.0. The van der Waals surface area contributed by atoms with Gasteiger partial charge in [0.25, 0.3) is 0 Å². The molecule has 0 unspecified atom stereocenters. The number of benzene rings is 6. The van der Waals surface area contributed by atoms with Crippen LogP contribution in [0.2, 0.25) is 0 Å². The zero-order valence-corrected chi connectivity index (χ0v) is 29.3. The van der Waals surface area contributed by atoms with Crippen molar-refractivity contribution in [2.45, 2.75) is 19.3 Å². The highest BCUT2D eigenvalue weighted by atomic mass is 15.0. The molecule has 0 saturated carbocycles. The molecule has 5 heteroatoms. The highest BCUT2D eigenvalue weighted by molar-refractivity contribution is 5.89. The molecule has 0 atom stereocenters. The Balaban J connectivity index is 1.01. The lowest BCUT2D eigenvalue weighted by molar-refractivity contribution is 0.662. The van der Waals surface area contributed by atoms with Crippen LogP contribution in [0.4, 0.5) is 0 Å². The maximum atomic E-state index is 5.02. The molecule has 0 bridgehead atoms. The van der Waals surface area contributed by atoms with E-state index in [0.717, 1.165) is 49.6 Å². The summed E-state index contributed by atoms with van der Waals surface area (Å²) in [6, 6.07) is 53.2. The Bertz CT molecular complexity index is 2760. The molecule has 1 aliphatic carbocycles. The number of hydrogen-bond donors (Lipinski definition) is 0. The van der Waals surface area contributed by atoms with Crippen LogP contribution < -0.4 is 0 Å². The molecule has 0 N–H and O–H groups in total. The van der Waals surface area contributed by atoms with E-state index >= 15 is 0 Å². The van der Waals surface area contributed by atoms with Gasteiger partial charge < -0.3 is 0 Å². The number of rotatable bonds is 5. The Morgan fingerprint density at radius 3 is 1.45 bits per heavy atom. The standard InChI is InChI=1S/C48H33N5/c1-48(2)41-13-4-3-10-39(41)40-12-5-11-38(44(40)48)32-18-14-30(15-19-32)31-16-20-33(21-17-31)45-51-46(36-22-24-42-34(28-36)8-6-26-49-42)53-47(52-45)37-23-25-43-35(29-37)9-7-27-50-43/h3-29H,1-2H3. The minimum atomic E-state index is -0.0667.